The summed E-state index contributed by atoms with van der Waals surface area (Å²) < 4.78 is 6.16. The first-order chi connectivity index (χ1) is 9.11. The van der Waals surface area contributed by atoms with Gasteiger partial charge in [-0.25, -0.2) is 4.98 Å². The summed E-state index contributed by atoms with van der Waals surface area (Å²) in [5, 5.41) is 11.5. The number of ether oxygens (including phenoxy) is 1. The van der Waals surface area contributed by atoms with Crippen LogP contribution in [0.5, 0.6) is 11.6 Å². The molecule has 0 radical (unpaired) electrons. The lowest BCUT2D eigenvalue weighted by Crippen LogP contribution is -1.96. The van der Waals surface area contributed by atoms with Crippen LogP contribution in [0.2, 0.25) is 0 Å². The van der Waals surface area contributed by atoms with E-state index in [1.165, 1.54) is 12.1 Å². The number of nitrogens with zero attached hydrogens (tertiary/aromatic N) is 2. The number of nitro groups is 1. The predicted octanol–water partition coefficient (Wildman–Crippen LogP) is 4.44. The summed E-state index contributed by atoms with van der Waals surface area (Å²) >= 11 is 6.51. The third kappa shape index (κ3) is 3.30. The van der Waals surface area contributed by atoms with Gasteiger partial charge in [0.1, 0.15) is 0 Å². The highest BCUT2D eigenvalue weighted by Crippen LogP contribution is 2.34. The van der Waals surface area contributed by atoms with Gasteiger partial charge in [-0.3, -0.25) is 10.1 Å². The van der Waals surface area contributed by atoms with Gasteiger partial charge in [-0.1, -0.05) is 37.9 Å². The number of alkyl halides is 1. The van der Waals surface area contributed by atoms with Crippen molar-refractivity contribution >= 4 is 37.5 Å². The molecule has 0 bridgehead atoms. The van der Waals surface area contributed by atoms with Crippen molar-refractivity contribution < 1.29 is 9.66 Å². The number of rotatable bonds is 4. The molecule has 0 saturated heterocycles. The summed E-state index contributed by atoms with van der Waals surface area (Å²) in [6.07, 6.45) is 1.58. The van der Waals surface area contributed by atoms with Crippen LogP contribution in [-0.2, 0) is 5.33 Å². The number of hydrogen-bond donors (Lipinski definition) is 0. The largest absolute Gasteiger partial charge is 0.431 e. The summed E-state index contributed by atoms with van der Waals surface area (Å²) in [5.74, 6) is 0.513. The van der Waals surface area contributed by atoms with Gasteiger partial charge in [-0.2, -0.15) is 0 Å². The molecule has 7 heteroatoms. The normalized spacial score (nSPS) is 10.2. The second-order valence-corrected chi connectivity index (χ2v) is 5.05. The van der Waals surface area contributed by atoms with Gasteiger partial charge in [0.15, 0.2) is 0 Å². The Morgan fingerprint density at radius 3 is 2.84 bits per heavy atom. The number of aromatic nitrogens is 1. The molecule has 0 aliphatic carbocycles. The first-order valence-electron chi connectivity index (χ1n) is 5.23. The van der Waals surface area contributed by atoms with E-state index in [2.05, 4.69) is 36.8 Å². The van der Waals surface area contributed by atoms with E-state index in [0.717, 1.165) is 5.56 Å². The van der Waals surface area contributed by atoms with E-state index in [1.807, 2.05) is 6.07 Å². The fourth-order valence-corrected chi connectivity index (χ4v) is 2.22. The minimum atomic E-state index is -0.489. The van der Waals surface area contributed by atoms with Crippen LogP contribution in [0.3, 0.4) is 0 Å². The van der Waals surface area contributed by atoms with Crippen molar-refractivity contribution in [3.63, 3.8) is 0 Å². The number of halogens is 2. The molecule has 0 atom stereocenters. The highest BCUT2D eigenvalue weighted by atomic mass is 79.9. The molecule has 0 amide bonds. The molecule has 1 aromatic heterocycles. The second-order valence-electron chi connectivity index (χ2n) is 3.57. The first kappa shape index (κ1) is 14.0. The van der Waals surface area contributed by atoms with Gasteiger partial charge in [0.2, 0.25) is 11.6 Å². The van der Waals surface area contributed by atoms with Crippen molar-refractivity contribution in [3.8, 4) is 11.6 Å². The van der Waals surface area contributed by atoms with Crippen molar-refractivity contribution in [3.05, 3.63) is 56.7 Å². The number of nitro benzene ring substituents is 1. The van der Waals surface area contributed by atoms with Crippen LogP contribution in [0.1, 0.15) is 5.56 Å². The average molecular weight is 388 g/mol. The molecule has 1 aromatic carbocycles. The molecule has 98 valence electrons. The fraction of sp³-hybridized carbons (Fsp3) is 0.0833. The molecule has 0 aliphatic rings. The highest BCUT2D eigenvalue weighted by molar-refractivity contribution is 9.10. The van der Waals surface area contributed by atoms with E-state index < -0.39 is 4.92 Å². The SMILES string of the molecule is O=[N+]([O-])c1cc(Br)ccc1Oc1ncccc1CBr. The van der Waals surface area contributed by atoms with Crippen molar-refractivity contribution in [2.45, 2.75) is 5.33 Å². The van der Waals surface area contributed by atoms with Gasteiger partial charge in [-0.15, -0.1) is 0 Å². The molecule has 0 spiro atoms. The Morgan fingerprint density at radius 1 is 1.37 bits per heavy atom. The van der Waals surface area contributed by atoms with Crippen LogP contribution >= 0.6 is 31.9 Å². The smallest absolute Gasteiger partial charge is 0.312 e. The summed E-state index contributed by atoms with van der Waals surface area (Å²) in [5.41, 5.74) is 0.709. The van der Waals surface area contributed by atoms with Crippen LogP contribution in [0.15, 0.2) is 41.0 Å². The van der Waals surface area contributed by atoms with Crippen molar-refractivity contribution in [1.82, 2.24) is 4.98 Å². The molecule has 0 N–H and O–H groups in total. The molecular weight excluding hydrogens is 380 g/mol. The molecule has 0 aliphatic heterocycles. The van der Waals surface area contributed by atoms with Crippen LogP contribution in [0, 0.1) is 10.1 Å². The lowest BCUT2D eigenvalue weighted by Gasteiger charge is -2.08. The lowest BCUT2D eigenvalue weighted by atomic mass is 10.3. The van der Waals surface area contributed by atoms with E-state index in [0.29, 0.717) is 15.7 Å². The van der Waals surface area contributed by atoms with Crippen LogP contribution in [0.25, 0.3) is 0 Å². The van der Waals surface area contributed by atoms with E-state index in [4.69, 9.17) is 4.74 Å². The topological polar surface area (TPSA) is 65.3 Å². The van der Waals surface area contributed by atoms with E-state index in [-0.39, 0.29) is 11.4 Å². The zero-order valence-electron chi connectivity index (χ0n) is 9.55. The van der Waals surface area contributed by atoms with E-state index in [1.54, 1.807) is 18.3 Å². The Labute approximate surface area is 126 Å². The van der Waals surface area contributed by atoms with E-state index >= 15 is 0 Å². The Kier molecular flexibility index (Phi) is 4.49. The van der Waals surface area contributed by atoms with Crippen LogP contribution < -0.4 is 4.74 Å². The van der Waals surface area contributed by atoms with Crippen molar-refractivity contribution in [2.24, 2.45) is 0 Å². The van der Waals surface area contributed by atoms with Crippen molar-refractivity contribution in [1.29, 1.82) is 0 Å². The number of benzene rings is 1. The van der Waals surface area contributed by atoms with E-state index in [9.17, 15) is 10.1 Å². The lowest BCUT2D eigenvalue weighted by molar-refractivity contribution is -0.385. The summed E-state index contributed by atoms with van der Waals surface area (Å²) in [6.45, 7) is 0. The quantitative estimate of drug-likeness (QED) is 0.442. The predicted molar refractivity (Wildman–Crippen MR) is 77.7 cm³/mol. The minimum absolute atomic E-state index is 0.111. The van der Waals surface area contributed by atoms with Gasteiger partial charge >= 0.3 is 5.69 Å². The molecular formula is C12H8Br2N2O3. The van der Waals surface area contributed by atoms with Crippen LogP contribution in [-0.4, -0.2) is 9.91 Å². The zero-order valence-corrected chi connectivity index (χ0v) is 12.7. The van der Waals surface area contributed by atoms with Gasteiger partial charge in [-0.05, 0) is 18.2 Å². The number of hydrogen-bond acceptors (Lipinski definition) is 4. The Balaban J connectivity index is 2.41. The molecule has 0 saturated carbocycles. The molecule has 0 fully saturated rings. The highest BCUT2D eigenvalue weighted by Gasteiger charge is 2.17. The Hall–Kier alpha value is -1.47. The summed E-state index contributed by atoms with van der Waals surface area (Å²) in [4.78, 5) is 14.6. The standard InChI is InChI=1S/C12H8Br2N2O3/c13-7-8-2-1-5-15-12(8)19-11-4-3-9(14)6-10(11)16(17)18/h1-6H,7H2. The van der Waals surface area contributed by atoms with Gasteiger partial charge < -0.3 is 4.74 Å². The zero-order chi connectivity index (χ0) is 13.8. The van der Waals surface area contributed by atoms with Gasteiger partial charge in [0.25, 0.3) is 0 Å². The molecule has 5 nitrogen and oxygen atoms in total. The molecule has 2 rings (SSSR count). The maximum Gasteiger partial charge on any atom is 0.312 e. The maximum absolute atomic E-state index is 11.0. The molecule has 1 heterocycles. The van der Waals surface area contributed by atoms with Gasteiger partial charge in [0, 0.05) is 27.6 Å². The third-order valence-corrected chi connectivity index (χ3v) is 3.42. The number of pyridine rings is 1. The van der Waals surface area contributed by atoms with Crippen molar-refractivity contribution in [2.75, 3.05) is 0 Å². The molecule has 2 aromatic rings. The summed E-state index contributed by atoms with van der Waals surface area (Å²) in [7, 11) is 0. The molecule has 0 unspecified atom stereocenters. The Bertz CT molecular complexity index is 620. The fourth-order valence-electron chi connectivity index (χ4n) is 1.44. The molecule has 19 heavy (non-hydrogen) atoms. The van der Waals surface area contributed by atoms with Gasteiger partial charge in [0.05, 0.1) is 4.92 Å². The Morgan fingerprint density at radius 2 is 2.16 bits per heavy atom. The third-order valence-electron chi connectivity index (χ3n) is 2.32. The summed E-state index contributed by atoms with van der Waals surface area (Å²) in [6, 6.07) is 8.22. The first-order valence-corrected chi connectivity index (χ1v) is 7.15. The second kappa shape index (κ2) is 6.12. The monoisotopic (exact) mass is 386 g/mol. The van der Waals surface area contributed by atoms with Crippen LogP contribution in [0.4, 0.5) is 5.69 Å². The minimum Gasteiger partial charge on any atom is -0.431 e. The average Bonchev–Trinajstić information content (AvgIpc) is 2.41. The maximum atomic E-state index is 11.0.